The molecule has 0 bridgehead atoms. The van der Waals surface area contributed by atoms with Crippen molar-refractivity contribution in [2.24, 2.45) is 23.5 Å². The summed E-state index contributed by atoms with van der Waals surface area (Å²) in [5, 5.41) is 9.73. The summed E-state index contributed by atoms with van der Waals surface area (Å²) < 4.78 is 0. The molecule has 0 aromatic rings. The van der Waals surface area contributed by atoms with Crippen LogP contribution in [-0.4, -0.2) is 41.1 Å². The minimum Gasteiger partial charge on any atom is -0.391 e. The van der Waals surface area contributed by atoms with Gasteiger partial charge in [-0.05, 0) is 37.0 Å². The zero-order valence-electron chi connectivity index (χ0n) is 10.8. The second kappa shape index (κ2) is 4.94. The molecule has 1 saturated heterocycles. The first kappa shape index (κ1) is 12.8. The Hall–Kier alpha value is -0.610. The van der Waals surface area contributed by atoms with Crippen molar-refractivity contribution in [3.8, 4) is 0 Å². The smallest absolute Gasteiger partial charge is 0.237 e. The Kier molecular flexibility index (Phi) is 3.73. The third kappa shape index (κ3) is 2.63. The highest BCUT2D eigenvalue weighted by Gasteiger charge is 2.40. The summed E-state index contributed by atoms with van der Waals surface area (Å²) in [7, 11) is 0. The molecule has 0 aromatic carbocycles. The van der Waals surface area contributed by atoms with Crippen molar-refractivity contribution in [3.63, 3.8) is 0 Å². The van der Waals surface area contributed by atoms with Gasteiger partial charge in [0.05, 0.1) is 6.10 Å². The molecule has 0 unspecified atom stereocenters. The number of nitrogens with zero attached hydrogens (tertiary/aromatic N) is 1. The van der Waals surface area contributed by atoms with Crippen molar-refractivity contribution in [3.05, 3.63) is 0 Å². The molecule has 2 aliphatic rings. The zero-order chi connectivity index (χ0) is 12.6. The largest absolute Gasteiger partial charge is 0.391 e. The van der Waals surface area contributed by atoms with Crippen LogP contribution in [0.15, 0.2) is 0 Å². The predicted molar refractivity (Wildman–Crippen MR) is 66.2 cm³/mol. The first-order valence-corrected chi connectivity index (χ1v) is 6.70. The number of rotatable bonds is 4. The molecule has 1 heterocycles. The zero-order valence-corrected chi connectivity index (χ0v) is 10.8. The minimum absolute atomic E-state index is 0.380. The van der Waals surface area contributed by atoms with E-state index in [0.717, 1.165) is 24.9 Å². The lowest BCUT2D eigenvalue weighted by Gasteiger charge is -2.41. The van der Waals surface area contributed by atoms with Gasteiger partial charge < -0.3 is 10.8 Å². The summed E-state index contributed by atoms with van der Waals surface area (Å²) >= 11 is 0. The molecule has 1 saturated carbocycles. The molecule has 4 heteroatoms. The van der Waals surface area contributed by atoms with Gasteiger partial charge in [-0.2, -0.15) is 0 Å². The van der Waals surface area contributed by atoms with Crippen LogP contribution in [0, 0.1) is 17.8 Å². The summed E-state index contributed by atoms with van der Waals surface area (Å²) in [6.45, 7) is 6.27. The molecular formula is C13H24N2O2. The van der Waals surface area contributed by atoms with Crippen LogP contribution >= 0.6 is 0 Å². The molecule has 0 spiro atoms. The standard InChI is InChI=1S/C13H24N2O2/c1-8(2)10-5-9(6-10)7-15-4-3-11(16)12(15)13(14)17/h8-12,16H,3-7H2,1-2H3,(H2,14,17)/t9-,10-,11-,12+/m1/s1. The third-order valence-corrected chi connectivity index (χ3v) is 4.47. The van der Waals surface area contributed by atoms with E-state index in [1.807, 2.05) is 0 Å². The maximum atomic E-state index is 11.3. The van der Waals surface area contributed by atoms with Crippen LogP contribution < -0.4 is 5.73 Å². The molecule has 17 heavy (non-hydrogen) atoms. The Morgan fingerprint density at radius 2 is 2.12 bits per heavy atom. The number of amides is 1. The monoisotopic (exact) mass is 240 g/mol. The number of primary amides is 1. The molecular weight excluding hydrogens is 216 g/mol. The fourth-order valence-electron chi connectivity index (χ4n) is 3.23. The fraction of sp³-hybridized carbons (Fsp3) is 0.923. The Morgan fingerprint density at radius 1 is 1.47 bits per heavy atom. The molecule has 0 aromatic heterocycles. The van der Waals surface area contributed by atoms with Gasteiger partial charge in [-0.15, -0.1) is 0 Å². The SMILES string of the molecule is CC(C)[C@H]1C[C@H](CN2CC[C@@H](O)[C@H]2C(N)=O)C1. The third-order valence-electron chi connectivity index (χ3n) is 4.47. The highest BCUT2D eigenvalue weighted by atomic mass is 16.3. The second-order valence-electron chi connectivity index (χ2n) is 6.04. The van der Waals surface area contributed by atoms with Crippen LogP contribution in [0.5, 0.6) is 0 Å². The molecule has 98 valence electrons. The van der Waals surface area contributed by atoms with Crippen LogP contribution in [0.25, 0.3) is 0 Å². The van der Waals surface area contributed by atoms with Gasteiger partial charge in [-0.1, -0.05) is 13.8 Å². The lowest BCUT2D eigenvalue weighted by Crippen LogP contribution is -2.48. The number of hydrogen-bond acceptors (Lipinski definition) is 3. The summed E-state index contributed by atoms with van der Waals surface area (Å²) in [5.74, 6) is 1.92. The van der Waals surface area contributed by atoms with Crippen LogP contribution in [0.2, 0.25) is 0 Å². The van der Waals surface area contributed by atoms with Gasteiger partial charge in [0.1, 0.15) is 6.04 Å². The molecule has 1 aliphatic carbocycles. The molecule has 1 aliphatic heterocycles. The van der Waals surface area contributed by atoms with Crippen LogP contribution in [0.4, 0.5) is 0 Å². The maximum Gasteiger partial charge on any atom is 0.237 e. The lowest BCUT2D eigenvalue weighted by atomic mass is 9.69. The lowest BCUT2D eigenvalue weighted by molar-refractivity contribution is -0.125. The quantitative estimate of drug-likeness (QED) is 0.756. The van der Waals surface area contributed by atoms with Crippen molar-refractivity contribution in [2.45, 2.75) is 45.3 Å². The van der Waals surface area contributed by atoms with Gasteiger partial charge >= 0.3 is 0 Å². The van der Waals surface area contributed by atoms with Gasteiger partial charge in [0.15, 0.2) is 0 Å². The normalized spacial score (nSPS) is 38.4. The number of likely N-dealkylation sites (tertiary alicyclic amines) is 1. The Labute approximate surface area is 103 Å². The predicted octanol–water partition coefficient (Wildman–Crippen LogP) is 0.589. The number of aliphatic hydroxyl groups is 1. The Morgan fingerprint density at radius 3 is 2.65 bits per heavy atom. The Bertz CT molecular complexity index is 287. The van der Waals surface area contributed by atoms with Gasteiger partial charge in [0.25, 0.3) is 0 Å². The number of carbonyl (C=O) groups is 1. The van der Waals surface area contributed by atoms with E-state index in [4.69, 9.17) is 5.73 Å². The summed E-state index contributed by atoms with van der Waals surface area (Å²) in [6, 6.07) is -0.451. The first-order valence-electron chi connectivity index (χ1n) is 6.70. The maximum absolute atomic E-state index is 11.3. The highest BCUT2D eigenvalue weighted by molar-refractivity contribution is 5.80. The molecule has 1 amide bonds. The van der Waals surface area contributed by atoms with Crippen LogP contribution in [0.3, 0.4) is 0 Å². The van der Waals surface area contributed by atoms with E-state index < -0.39 is 12.1 Å². The molecule has 3 N–H and O–H groups in total. The second-order valence-corrected chi connectivity index (χ2v) is 6.04. The average molecular weight is 240 g/mol. The minimum atomic E-state index is -0.562. The van der Waals surface area contributed by atoms with E-state index in [1.54, 1.807) is 0 Å². The highest BCUT2D eigenvalue weighted by Crippen LogP contribution is 2.39. The van der Waals surface area contributed by atoms with Crippen LogP contribution in [0.1, 0.15) is 33.1 Å². The Balaban J connectivity index is 1.82. The van der Waals surface area contributed by atoms with Crippen molar-refractivity contribution >= 4 is 5.91 Å². The molecule has 4 nitrogen and oxygen atoms in total. The fourth-order valence-corrected chi connectivity index (χ4v) is 3.23. The van der Waals surface area contributed by atoms with Gasteiger partial charge in [-0.3, -0.25) is 9.69 Å². The van der Waals surface area contributed by atoms with E-state index in [9.17, 15) is 9.90 Å². The summed E-state index contributed by atoms with van der Waals surface area (Å²) in [4.78, 5) is 13.4. The topological polar surface area (TPSA) is 66.6 Å². The van der Waals surface area contributed by atoms with Gasteiger partial charge in [0.2, 0.25) is 5.91 Å². The van der Waals surface area contributed by atoms with Crippen LogP contribution in [-0.2, 0) is 4.79 Å². The molecule has 0 radical (unpaired) electrons. The van der Waals surface area contributed by atoms with Crippen molar-refractivity contribution in [1.29, 1.82) is 0 Å². The van der Waals surface area contributed by atoms with Crippen molar-refractivity contribution in [1.82, 2.24) is 4.90 Å². The number of nitrogens with two attached hydrogens (primary N) is 1. The van der Waals surface area contributed by atoms with E-state index in [-0.39, 0.29) is 5.91 Å². The van der Waals surface area contributed by atoms with Gasteiger partial charge in [0, 0.05) is 13.1 Å². The van der Waals surface area contributed by atoms with E-state index in [2.05, 4.69) is 18.7 Å². The number of hydrogen-bond donors (Lipinski definition) is 2. The van der Waals surface area contributed by atoms with Crippen molar-refractivity contribution in [2.75, 3.05) is 13.1 Å². The summed E-state index contributed by atoms with van der Waals surface area (Å²) in [6.07, 6.45) is 2.63. The number of aliphatic hydroxyl groups excluding tert-OH is 1. The molecule has 2 rings (SSSR count). The molecule has 2 fully saturated rings. The van der Waals surface area contributed by atoms with Gasteiger partial charge in [-0.25, -0.2) is 0 Å². The average Bonchev–Trinajstić information content (AvgIpc) is 2.51. The van der Waals surface area contributed by atoms with E-state index in [1.165, 1.54) is 12.8 Å². The van der Waals surface area contributed by atoms with Crippen molar-refractivity contribution < 1.29 is 9.90 Å². The first-order chi connectivity index (χ1) is 7.99. The number of carbonyl (C=O) groups excluding carboxylic acids is 1. The van der Waals surface area contributed by atoms with E-state index in [0.29, 0.717) is 12.3 Å². The molecule has 2 atom stereocenters. The summed E-state index contributed by atoms with van der Waals surface area (Å²) in [5.41, 5.74) is 5.35. The van der Waals surface area contributed by atoms with E-state index >= 15 is 0 Å².